The van der Waals surface area contributed by atoms with E-state index >= 15 is 0 Å². The molecule has 1 atom stereocenters. The van der Waals surface area contributed by atoms with Crippen LogP contribution in [0.5, 0.6) is 0 Å². The third-order valence-electron chi connectivity index (χ3n) is 6.30. The summed E-state index contributed by atoms with van der Waals surface area (Å²) < 4.78 is 0. The number of nitrogens with two attached hydrogens (primary N) is 1. The Bertz CT molecular complexity index is 1090. The highest BCUT2D eigenvalue weighted by Gasteiger charge is 2.45. The number of carbonyl (C=O) groups excluding carboxylic acids is 2. The van der Waals surface area contributed by atoms with E-state index in [0.717, 1.165) is 22.3 Å². The molecule has 31 heavy (non-hydrogen) atoms. The van der Waals surface area contributed by atoms with Gasteiger partial charge in [0.25, 0.3) is 0 Å². The van der Waals surface area contributed by atoms with Crippen LogP contribution in [0.2, 0.25) is 0 Å². The summed E-state index contributed by atoms with van der Waals surface area (Å²) in [4.78, 5) is 27.3. The lowest BCUT2D eigenvalue weighted by molar-refractivity contribution is -0.131. The fourth-order valence-electron chi connectivity index (χ4n) is 4.53. The van der Waals surface area contributed by atoms with Crippen LogP contribution in [-0.2, 0) is 22.4 Å². The Morgan fingerprint density at radius 1 is 0.968 bits per heavy atom. The summed E-state index contributed by atoms with van der Waals surface area (Å²) in [5.74, 6) is -0.289. The van der Waals surface area contributed by atoms with Gasteiger partial charge in [-0.25, -0.2) is 0 Å². The van der Waals surface area contributed by atoms with Crippen molar-refractivity contribution >= 4 is 11.8 Å². The number of amides is 2. The van der Waals surface area contributed by atoms with Crippen LogP contribution in [0.4, 0.5) is 0 Å². The van der Waals surface area contributed by atoms with Gasteiger partial charge >= 0.3 is 0 Å². The summed E-state index contributed by atoms with van der Waals surface area (Å²) in [6.45, 7) is 3.00. The number of primary amides is 1. The first-order valence-corrected chi connectivity index (χ1v) is 10.7. The van der Waals surface area contributed by atoms with Crippen LogP contribution < -0.4 is 5.73 Å². The highest BCUT2D eigenvalue weighted by atomic mass is 16.2. The molecule has 3 aromatic rings. The monoisotopic (exact) mass is 412 g/mol. The van der Waals surface area contributed by atoms with E-state index in [1.54, 1.807) is 4.90 Å². The second-order valence-electron chi connectivity index (χ2n) is 8.58. The van der Waals surface area contributed by atoms with Crippen molar-refractivity contribution in [1.82, 2.24) is 4.90 Å². The second kappa shape index (κ2) is 8.76. The van der Waals surface area contributed by atoms with Gasteiger partial charge in [-0.2, -0.15) is 0 Å². The number of benzene rings is 3. The Morgan fingerprint density at radius 2 is 1.71 bits per heavy atom. The van der Waals surface area contributed by atoms with Gasteiger partial charge < -0.3 is 10.6 Å². The molecule has 0 spiro atoms. The van der Waals surface area contributed by atoms with E-state index < -0.39 is 5.41 Å². The quantitative estimate of drug-likeness (QED) is 0.661. The van der Waals surface area contributed by atoms with Gasteiger partial charge in [0.15, 0.2) is 0 Å². The van der Waals surface area contributed by atoms with Crippen LogP contribution in [0.15, 0.2) is 78.9 Å². The zero-order chi connectivity index (χ0) is 21.8. The van der Waals surface area contributed by atoms with Crippen molar-refractivity contribution in [3.8, 4) is 11.1 Å². The zero-order valence-corrected chi connectivity index (χ0v) is 17.9. The lowest BCUT2D eigenvalue weighted by atomic mass is 9.78. The van der Waals surface area contributed by atoms with Crippen LogP contribution >= 0.6 is 0 Å². The number of nitrogens with zero attached hydrogens (tertiary/aromatic N) is 1. The molecule has 0 saturated carbocycles. The van der Waals surface area contributed by atoms with Gasteiger partial charge in [0.2, 0.25) is 11.8 Å². The molecule has 0 aliphatic carbocycles. The normalized spacial score (nSPS) is 18.2. The van der Waals surface area contributed by atoms with Gasteiger partial charge in [-0.15, -0.1) is 0 Å². The maximum Gasteiger partial charge on any atom is 0.227 e. The minimum Gasteiger partial charge on any atom is -0.369 e. The third-order valence-corrected chi connectivity index (χ3v) is 6.30. The molecule has 1 heterocycles. The molecule has 4 rings (SSSR count). The Hall–Kier alpha value is -3.40. The lowest BCUT2D eigenvalue weighted by Crippen LogP contribution is -2.42. The zero-order valence-electron chi connectivity index (χ0n) is 17.9. The molecule has 0 unspecified atom stereocenters. The molecular weight excluding hydrogens is 384 g/mol. The molecule has 1 aliphatic rings. The minimum absolute atomic E-state index is 0.0429. The number of likely N-dealkylation sites (tertiary alicyclic amines) is 1. The number of carbonyl (C=O) groups is 2. The summed E-state index contributed by atoms with van der Waals surface area (Å²) in [7, 11) is 0. The molecule has 1 aliphatic heterocycles. The Kier molecular flexibility index (Phi) is 5.90. The van der Waals surface area contributed by atoms with E-state index in [9.17, 15) is 9.59 Å². The molecule has 2 N–H and O–H groups in total. The molecule has 1 fully saturated rings. The van der Waals surface area contributed by atoms with Gasteiger partial charge in [-0.3, -0.25) is 9.59 Å². The molecule has 0 radical (unpaired) electrons. The van der Waals surface area contributed by atoms with Crippen molar-refractivity contribution in [2.75, 3.05) is 13.1 Å². The predicted octanol–water partition coefficient (Wildman–Crippen LogP) is 4.15. The first-order chi connectivity index (χ1) is 15.0. The van der Waals surface area contributed by atoms with E-state index in [0.29, 0.717) is 32.4 Å². The number of aryl methyl sites for hydroxylation is 1. The van der Waals surface area contributed by atoms with Crippen molar-refractivity contribution in [3.05, 3.63) is 95.6 Å². The maximum atomic E-state index is 12.9. The second-order valence-corrected chi connectivity index (χ2v) is 8.58. The SMILES string of the molecule is Cc1cccc(-c2ccccc2C[C@]2(C(N)=O)CCN(C(=O)Cc3ccccc3)C2)c1. The van der Waals surface area contributed by atoms with E-state index in [2.05, 4.69) is 37.3 Å². The van der Waals surface area contributed by atoms with Crippen molar-refractivity contribution < 1.29 is 9.59 Å². The molecule has 2 amide bonds. The summed E-state index contributed by atoms with van der Waals surface area (Å²) in [6, 6.07) is 26.2. The summed E-state index contributed by atoms with van der Waals surface area (Å²) >= 11 is 0. The predicted molar refractivity (Wildman–Crippen MR) is 123 cm³/mol. The molecule has 1 saturated heterocycles. The van der Waals surface area contributed by atoms with Crippen LogP contribution in [0, 0.1) is 12.3 Å². The summed E-state index contributed by atoms with van der Waals surface area (Å²) in [5, 5.41) is 0. The summed E-state index contributed by atoms with van der Waals surface area (Å²) in [5.41, 5.74) is 10.7. The lowest BCUT2D eigenvalue weighted by Gasteiger charge is -2.27. The van der Waals surface area contributed by atoms with Gasteiger partial charge in [-0.05, 0) is 42.0 Å². The summed E-state index contributed by atoms with van der Waals surface area (Å²) in [6.07, 6.45) is 1.46. The van der Waals surface area contributed by atoms with Crippen LogP contribution in [0.3, 0.4) is 0 Å². The van der Waals surface area contributed by atoms with Crippen LogP contribution in [-0.4, -0.2) is 29.8 Å². The number of hydrogen-bond acceptors (Lipinski definition) is 2. The first kappa shape index (κ1) is 20.9. The Balaban J connectivity index is 1.57. The minimum atomic E-state index is -0.744. The van der Waals surface area contributed by atoms with Gasteiger partial charge in [0.1, 0.15) is 0 Å². The topological polar surface area (TPSA) is 63.4 Å². The molecule has 4 heteroatoms. The smallest absolute Gasteiger partial charge is 0.227 e. The third kappa shape index (κ3) is 4.53. The van der Waals surface area contributed by atoms with E-state index in [4.69, 9.17) is 5.73 Å². The average Bonchev–Trinajstić information content (AvgIpc) is 3.21. The van der Waals surface area contributed by atoms with Crippen LogP contribution in [0.25, 0.3) is 11.1 Å². The van der Waals surface area contributed by atoms with Gasteiger partial charge in [0, 0.05) is 13.1 Å². The molecular formula is C27H28N2O2. The highest BCUT2D eigenvalue weighted by Crippen LogP contribution is 2.37. The molecule has 158 valence electrons. The number of rotatable bonds is 6. The first-order valence-electron chi connectivity index (χ1n) is 10.7. The van der Waals surface area contributed by atoms with Gasteiger partial charge in [0.05, 0.1) is 11.8 Å². The number of hydrogen-bond donors (Lipinski definition) is 1. The fraction of sp³-hybridized carbons (Fsp3) is 0.259. The largest absolute Gasteiger partial charge is 0.369 e. The van der Waals surface area contributed by atoms with Crippen molar-refractivity contribution in [2.45, 2.75) is 26.2 Å². The Labute approximate surface area is 183 Å². The molecule has 0 aromatic heterocycles. The van der Waals surface area contributed by atoms with Crippen molar-refractivity contribution in [3.63, 3.8) is 0 Å². The van der Waals surface area contributed by atoms with E-state index in [1.807, 2.05) is 48.5 Å². The van der Waals surface area contributed by atoms with Gasteiger partial charge in [-0.1, -0.05) is 84.4 Å². The Morgan fingerprint density at radius 3 is 2.45 bits per heavy atom. The van der Waals surface area contributed by atoms with E-state index in [-0.39, 0.29) is 11.8 Å². The highest BCUT2D eigenvalue weighted by molar-refractivity contribution is 5.85. The van der Waals surface area contributed by atoms with E-state index in [1.165, 1.54) is 5.56 Å². The fourth-order valence-corrected chi connectivity index (χ4v) is 4.53. The maximum absolute atomic E-state index is 12.9. The average molecular weight is 413 g/mol. The van der Waals surface area contributed by atoms with Crippen LogP contribution in [0.1, 0.15) is 23.1 Å². The standard InChI is InChI=1S/C27H28N2O2/c1-20-8-7-12-22(16-20)24-13-6-5-11-23(24)18-27(26(28)31)14-15-29(19-27)25(30)17-21-9-3-2-4-10-21/h2-13,16H,14-15,17-19H2,1H3,(H2,28,31)/t27-/m1/s1. The molecule has 4 nitrogen and oxygen atoms in total. The van der Waals surface area contributed by atoms with Crippen molar-refractivity contribution in [2.24, 2.45) is 11.1 Å². The van der Waals surface area contributed by atoms with Crippen molar-refractivity contribution in [1.29, 1.82) is 0 Å². The molecule has 0 bridgehead atoms. The molecule has 3 aromatic carbocycles.